The fourth-order valence-corrected chi connectivity index (χ4v) is 2.89. The molecule has 3 N–H and O–H groups in total. The van der Waals surface area contributed by atoms with Gasteiger partial charge in [-0.25, -0.2) is 13.4 Å². The second-order valence-corrected chi connectivity index (χ2v) is 8.45. The van der Waals surface area contributed by atoms with E-state index in [2.05, 4.69) is 25.9 Å². The van der Waals surface area contributed by atoms with E-state index in [1.54, 1.807) is 6.07 Å². The first kappa shape index (κ1) is 25.6. The third-order valence-electron chi connectivity index (χ3n) is 3.41. The number of nitrogens with one attached hydrogen (secondary N) is 3. The minimum absolute atomic E-state index is 0. The Labute approximate surface area is 179 Å². The van der Waals surface area contributed by atoms with Crippen LogP contribution in [-0.2, 0) is 14.6 Å². The highest BCUT2D eigenvalue weighted by molar-refractivity contribution is 14.0. The van der Waals surface area contributed by atoms with Crippen LogP contribution in [0.2, 0.25) is 0 Å². The highest BCUT2D eigenvalue weighted by Crippen LogP contribution is 2.04. The van der Waals surface area contributed by atoms with E-state index >= 15 is 0 Å². The van der Waals surface area contributed by atoms with Gasteiger partial charge in [0.1, 0.15) is 15.7 Å². The van der Waals surface area contributed by atoms with Gasteiger partial charge in [0, 0.05) is 31.0 Å². The molecule has 0 saturated heterocycles. The Bertz CT molecular complexity index is 725. The van der Waals surface area contributed by atoms with Crippen molar-refractivity contribution < 1.29 is 13.2 Å². The summed E-state index contributed by atoms with van der Waals surface area (Å²) < 4.78 is 22.5. The van der Waals surface area contributed by atoms with Crippen molar-refractivity contribution in [1.82, 2.24) is 15.6 Å². The quantitative estimate of drug-likeness (QED) is 0.265. The second-order valence-electron chi connectivity index (χ2n) is 6.19. The summed E-state index contributed by atoms with van der Waals surface area (Å²) in [4.78, 5) is 20.6. The van der Waals surface area contributed by atoms with Crippen LogP contribution < -0.4 is 16.0 Å². The number of nitrogens with zero attached hydrogens (tertiary/aromatic N) is 2. The summed E-state index contributed by atoms with van der Waals surface area (Å²) >= 11 is 0. The summed E-state index contributed by atoms with van der Waals surface area (Å²) in [5.41, 5.74) is 0.836. The molecule has 1 heterocycles. The molecule has 27 heavy (non-hydrogen) atoms. The molecular weight excluding hydrogens is 481 g/mol. The number of anilines is 1. The number of rotatable bonds is 9. The lowest BCUT2D eigenvalue weighted by Crippen LogP contribution is -2.43. The van der Waals surface area contributed by atoms with Crippen molar-refractivity contribution in [3.8, 4) is 0 Å². The lowest BCUT2D eigenvalue weighted by atomic mass is 10.3. The fourth-order valence-electron chi connectivity index (χ4n) is 2.10. The fraction of sp³-hybridized carbons (Fsp3) is 0.588. The minimum Gasteiger partial charge on any atom is -0.357 e. The number of hydrogen-bond donors (Lipinski definition) is 3. The van der Waals surface area contributed by atoms with Crippen molar-refractivity contribution in [2.45, 2.75) is 39.7 Å². The van der Waals surface area contributed by atoms with Gasteiger partial charge < -0.3 is 16.0 Å². The molecule has 0 bridgehead atoms. The van der Waals surface area contributed by atoms with E-state index in [0.29, 0.717) is 31.3 Å². The Morgan fingerprint density at radius 3 is 2.63 bits per heavy atom. The van der Waals surface area contributed by atoms with Crippen LogP contribution in [-0.4, -0.2) is 56.4 Å². The van der Waals surface area contributed by atoms with Crippen molar-refractivity contribution in [1.29, 1.82) is 0 Å². The van der Waals surface area contributed by atoms with Crippen LogP contribution in [0.1, 0.15) is 32.4 Å². The molecule has 1 aromatic rings. The second kappa shape index (κ2) is 12.9. The van der Waals surface area contributed by atoms with E-state index in [1.807, 2.05) is 32.9 Å². The van der Waals surface area contributed by atoms with Gasteiger partial charge in [-0.3, -0.25) is 9.79 Å². The Balaban J connectivity index is 0.00000676. The first-order valence-electron chi connectivity index (χ1n) is 8.65. The summed E-state index contributed by atoms with van der Waals surface area (Å²) in [6.45, 7) is 6.68. The van der Waals surface area contributed by atoms with Gasteiger partial charge in [0.15, 0.2) is 5.96 Å². The van der Waals surface area contributed by atoms with E-state index in [9.17, 15) is 13.2 Å². The Morgan fingerprint density at radius 2 is 2.04 bits per heavy atom. The molecule has 0 spiro atoms. The molecule has 1 amide bonds. The van der Waals surface area contributed by atoms with Gasteiger partial charge in [0.05, 0.1) is 12.3 Å². The topological polar surface area (TPSA) is 113 Å². The van der Waals surface area contributed by atoms with Gasteiger partial charge in [0.2, 0.25) is 5.91 Å². The van der Waals surface area contributed by atoms with Crippen LogP contribution in [0.4, 0.5) is 5.82 Å². The van der Waals surface area contributed by atoms with Crippen molar-refractivity contribution in [2.75, 3.05) is 30.4 Å². The smallest absolute Gasteiger partial charge is 0.227 e. The molecule has 0 saturated carbocycles. The highest BCUT2D eigenvalue weighted by atomic mass is 127. The van der Waals surface area contributed by atoms with Crippen molar-refractivity contribution in [2.24, 2.45) is 4.99 Å². The molecule has 0 aromatic carbocycles. The molecule has 0 aliphatic heterocycles. The lowest BCUT2D eigenvalue weighted by molar-refractivity contribution is -0.116. The normalized spacial score (nSPS) is 12.7. The average Bonchev–Trinajstić information content (AvgIpc) is 2.52. The number of aryl methyl sites for hydroxylation is 1. The number of aliphatic imine (C=N–C) groups is 1. The SMILES string of the molecule is CCNC(=NCCC(=O)Nc1cccc(C)n1)NC(C)CCS(C)(=O)=O.I. The summed E-state index contributed by atoms with van der Waals surface area (Å²) in [6, 6.07) is 5.39. The first-order chi connectivity index (χ1) is 12.2. The summed E-state index contributed by atoms with van der Waals surface area (Å²) in [7, 11) is -2.99. The summed E-state index contributed by atoms with van der Waals surface area (Å²) in [6.07, 6.45) is 1.94. The van der Waals surface area contributed by atoms with E-state index in [0.717, 1.165) is 5.69 Å². The molecule has 0 fully saturated rings. The van der Waals surface area contributed by atoms with E-state index in [1.165, 1.54) is 6.26 Å². The van der Waals surface area contributed by atoms with Crippen LogP contribution >= 0.6 is 24.0 Å². The number of aromatic nitrogens is 1. The van der Waals surface area contributed by atoms with Gasteiger partial charge in [-0.2, -0.15) is 0 Å². The zero-order valence-electron chi connectivity index (χ0n) is 16.3. The number of pyridine rings is 1. The monoisotopic (exact) mass is 511 g/mol. The molecule has 154 valence electrons. The van der Waals surface area contributed by atoms with Crippen LogP contribution in [0, 0.1) is 6.92 Å². The lowest BCUT2D eigenvalue weighted by Gasteiger charge is -2.17. The van der Waals surface area contributed by atoms with Gasteiger partial charge in [-0.05, 0) is 39.3 Å². The number of carbonyl (C=O) groups is 1. The molecule has 1 atom stereocenters. The van der Waals surface area contributed by atoms with Crippen LogP contribution in [0.5, 0.6) is 0 Å². The van der Waals surface area contributed by atoms with Gasteiger partial charge in [0.25, 0.3) is 0 Å². The van der Waals surface area contributed by atoms with E-state index < -0.39 is 9.84 Å². The number of sulfone groups is 1. The minimum atomic E-state index is -2.99. The van der Waals surface area contributed by atoms with Crippen LogP contribution in [0.3, 0.4) is 0 Å². The third kappa shape index (κ3) is 12.6. The number of carbonyl (C=O) groups excluding carboxylic acids is 1. The molecule has 0 aliphatic rings. The molecule has 1 aromatic heterocycles. The van der Waals surface area contributed by atoms with E-state index in [4.69, 9.17) is 0 Å². The molecular formula is C17H30IN5O3S. The third-order valence-corrected chi connectivity index (χ3v) is 4.39. The molecule has 10 heteroatoms. The predicted molar refractivity (Wildman–Crippen MR) is 121 cm³/mol. The number of hydrogen-bond acceptors (Lipinski definition) is 5. The highest BCUT2D eigenvalue weighted by Gasteiger charge is 2.10. The molecule has 1 rings (SSSR count). The van der Waals surface area contributed by atoms with Crippen molar-refractivity contribution >= 4 is 51.5 Å². The zero-order valence-corrected chi connectivity index (χ0v) is 19.4. The van der Waals surface area contributed by atoms with Crippen molar-refractivity contribution in [3.63, 3.8) is 0 Å². The molecule has 8 nitrogen and oxygen atoms in total. The van der Waals surface area contributed by atoms with Crippen molar-refractivity contribution in [3.05, 3.63) is 23.9 Å². The number of halogens is 1. The predicted octanol–water partition coefficient (Wildman–Crippen LogP) is 1.71. The number of guanidine groups is 1. The van der Waals surface area contributed by atoms with Crippen LogP contribution in [0.15, 0.2) is 23.2 Å². The largest absolute Gasteiger partial charge is 0.357 e. The van der Waals surface area contributed by atoms with Gasteiger partial charge in [-0.1, -0.05) is 6.07 Å². The maximum absolute atomic E-state index is 12.0. The maximum atomic E-state index is 12.0. The number of amides is 1. The standard InChI is InChI=1S/C17H29N5O3S.HI/c1-5-18-17(21-14(3)10-12-26(4,24)25)19-11-9-16(23)22-15-8-6-7-13(2)20-15;/h6-8,14H,5,9-12H2,1-4H3,(H2,18,19,21)(H,20,22,23);1H. The van der Waals surface area contributed by atoms with Crippen LogP contribution in [0.25, 0.3) is 0 Å². The zero-order chi connectivity index (χ0) is 19.6. The Hall–Kier alpha value is -1.43. The van der Waals surface area contributed by atoms with Gasteiger partial charge >= 0.3 is 0 Å². The van der Waals surface area contributed by atoms with Gasteiger partial charge in [-0.15, -0.1) is 24.0 Å². The molecule has 0 aliphatic carbocycles. The summed E-state index contributed by atoms with van der Waals surface area (Å²) in [5, 5.41) is 8.98. The molecule has 1 unspecified atom stereocenters. The molecule has 0 radical (unpaired) electrons. The summed E-state index contributed by atoms with van der Waals surface area (Å²) in [5.74, 6) is 1.05. The Kier molecular flexibility index (Phi) is 12.2. The first-order valence-corrected chi connectivity index (χ1v) is 10.7. The average molecular weight is 511 g/mol. The Morgan fingerprint density at radius 1 is 1.33 bits per heavy atom. The van der Waals surface area contributed by atoms with E-state index in [-0.39, 0.29) is 48.1 Å². The maximum Gasteiger partial charge on any atom is 0.227 e.